The van der Waals surface area contributed by atoms with E-state index in [2.05, 4.69) is 26.0 Å². The molecule has 0 atom stereocenters. The summed E-state index contributed by atoms with van der Waals surface area (Å²) in [6.45, 7) is 6.08. The molecule has 1 aromatic rings. The van der Waals surface area contributed by atoms with Gasteiger partial charge < -0.3 is 4.74 Å². The second-order valence-electron chi connectivity index (χ2n) is 5.74. The molecule has 18 heavy (non-hydrogen) atoms. The quantitative estimate of drug-likeness (QED) is 0.791. The molecule has 2 rings (SSSR count). The Labute approximate surface area is 109 Å². The fourth-order valence-electron chi connectivity index (χ4n) is 2.46. The minimum atomic E-state index is -0.0944. The predicted octanol–water partition coefficient (Wildman–Crippen LogP) is 3.73. The van der Waals surface area contributed by atoms with Gasteiger partial charge in [0.05, 0.1) is 7.11 Å². The number of carbonyl (C=O) groups excluding carboxylic acids is 1. The molecular weight excluding hydrogens is 224 g/mol. The first-order chi connectivity index (χ1) is 8.48. The molecule has 0 aromatic heterocycles. The highest BCUT2D eigenvalue weighted by atomic mass is 16.5. The smallest absolute Gasteiger partial charge is 0.136 e. The number of hydrogen-bond acceptors (Lipinski definition) is 2. The van der Waals surface area contributed by atoms with Gasteiger partial charge in [-0.3, -0.25) is 4.79 Å². The highest BCUT2D eigenvalue weighted by Crippen LogP contribution is 2.50. The van der Waals surface area contributed by atoms with Crippen molar-refractivity contribution in [3.63, 3.8) is 0 Å². The molecule has 0 spiro atoms. The summed E-state index contributed by atoms with van der Waals surface area (Å²) in [4.78, 5) is 11.7. The van der Waals surface area contributed by atoms with Crippen LogP contribution < -0.4 is 4.74 Å². The van der Waals surface area contributed by atoms with Crippen LogP contribution in [0.25, 0.3) is 0 Å². The molecule has 0 radical (unpaired) electrons. The first-order valence-electron chi connectivity index (χ1n) is 6.66. The minimum Gasteiger partial charge on any atom is -0.496 e. The van der Waals surface area contributed by atoms with E-state index < -0.39 is 0 Å². The number of methoxy groups -OCH3 is 1. The summed E-state index contributed by atoms with van der Waals surface area (Å²) in [5, 5.41) is 0. The van der Waals surface area contributed by atoms with Crippen LogP contribution in [0.1, 0.15) is 50.7 Å². The first kappa shape index (κ1) is 13.1. The van der Waals surface area contributed by atoms with Crippen LogP contribution in [0.15, 0.2) is 18.2 Å². The molecule has 0 heterocycles. The van der Waals surface area contributed by atoms with Gasteiger partial charge >= 0.3 is 0 Å². The fourth-order valence-corrected chi connectivity index (χ4v) is 2.46. The van der Waals surface area contributed by atoms with Crippen molar-refractivity contribution in [1.82, 2.24) is 0 Å². The second-order valence-corrected chi connectivity index (χ2v) is 5.74. The number of carbonyl (C=O) groups is 1. The maximum absolute atomic E-state index is 11.7. The lowest BCUT2D eigenvalue weighted by molar-refractivity contribution is -0.121. The van der Waals surface area contributed by atoms with E-state index in [1.807, 2.05) is 6.07 Å². The molecule has 2 heteroatoms. The van der Waals surface area contributed by atoms with Crippen molar-refractivity contribution >= 4 is 5.78 Å². The summed E-state index contributed by atoms with van der Waals surface area (Å²) in [6, 6.07) is 6.34. The van der Waals surface area contributed by atoms with Gasteiger partial charge in [-0.05, 0) is 49.3 Å². The van der Waals surface area contributed by atoms with Crippen molar-refractivity contribution in [2.24, 2.45) is 5.41 Å². The lowest BCUT2D eigenvalue weighted by Gasteiger charge is -2.16. The Hall–Kier alpha value is -1.31. The molecule has 0 aliphatic heterocycles. The maximum Gasteiger partial charge on any atom is 0.136 e. The monoisotopic (exact) mass is 246 g/mol. The van der Waals surface area contributed by atoms with Crippen LogP contribution in [0.5, 0.6) is 5.75 Å². The van der Waals surface area contributed by atoms with Crippen LogP contribution in [0.4, 0.5) is 0 Å². The van der Waals surface area contributed by atoms with Crippen LogP contribution >= 0.6 is 0 Å². The van der Waals surface area contributed by atoms with E-state index in [1.165, 1.54) is 11.1 Å². The van der Waals surface area contributed by atoms with Gasteiger partial charge in [0.25, 0.3) is 0 Å². The van der Waals surface area contributed by atoms with E-state index >= 15 is 0 Å². The van der Waals surface area contributed by atoms with Gasteiger partial charge in [0.2, 0.25) is 0 Å². The molecule has 0 bridgehead atoms. The number of ketones is 1. The number of benzene rings is 1. The number of Topliss-reactive ketones (excluding diaryl/α,β-unsaturated/α-hetero) is 1. The average molecular weight is 246 g/mol. The summed E-state index contributed by atoms with van der Waals surface area (Å²) in [5.41, 5.74) is 2.39. The van der Waals surface area contributed by atoms with Crippen LogP contribution in [-0.4, -0.2) is 12.9 Å². The fraction of sp³-hybridized carbons (Fsp3) is 0.562. The van der Waals surface area contributed by atoms with E-state index in [-0.39, 0.29) is 5.41 Å². The van der Waals surface area contributed by atoms with E-state index in [0.29, 0.717) is 11.7 Å². The molecular formula is C16H22O2. The zero-order chi connectivity index (χ0) is 13.3. The summed E-state index contributed by atoms with van der Waals surface area (Å²) in [7, 11) is 1.70. The van der Waals surface area contributed by atoms with Crippen molar-refractivity contribution in [3.05, 3.63) is 29.3 Å². The molecule has 0 N–H and O–H groups in total. The summed E-state index contributed by atoms with van der Waals surface area (Å²) >= 11 is 0. The third-order valence-electron chi connectivity index (χ3n) is 4.10. The second kappa shape index (κ2) is 4.75. The third-order valence-corrected chi connectivity index (χ3v) is 4.10. The maximum atomic E-state index is 11.7. The summed E-state index contributed by atoms with van der Waals surface area (Å²) < 4.78 is 5.42. The SMILES string of the molecule is COc1ccc(C(C)C)cc1CC1(C(C)=O)CC1. The standard InChI is InChI=1S/C16H22O2/c1-11(2)13-5-6-15(18-4)14(9-13)10-16(7-8-16)12(3)17/h5-6,9,11H,7-8,10H2,1-4H3. The highest BCUT2D eigenvalue weighted by molar-refractivity contribution is 5.85. The number of ether oxygens (including phenoxy) is 1. The van der Waals surface area contributed by atoms with Crippen LogP contribution in [0, 0.1) is 5.41 Å². The van der Waals surface area contributed by atoms with Crippen LogP contribution in [0.3, 0.4) is 0 Å². The summed E-state index contributed by atoms with van der Waals surface area (Å²) in [6.07, 6.45) is 2.88. The highest BCUT2D eigenvalue weighted by Gasteiger charge is 2.47. The van der Waals surface area contributed by atoms with Gasteiger partial charge in [-0.1, -0.05) is 26.0 Å². The topological polar surface area (TPSA) is 26.3 Å². The molecule has 1 aliphatic carbocycles. The van der Waals surface area contributed by atoms with Crippen LogP contribution in [-0.2, 0) is 11.2 Å². The zero-order valence-electron chi connectivity index (χ0n) is 11.7. The van der Waals surface area contributed by atoms with Crippen molar-refractivity contribution in [2.45, 2.75) is 46.0 Å². The molecule has 0 saturated heterocycles. The Balaban J connectivity index is 2.30. The van der Waals surface area contributed by atoms with Crippen molar-refractivity contribution in [1.29, 1.82) is 0 Å². The molecule has 1 saturated carbocycles. The van der Waals surface area contributed by atoms with Gasteiger partial charge in [0.15, 0.2) is 0 Å². The lowest BCUT2D eigenvalue weighted by atomic mass is 9.90. The Kier molecular flexibility index (Phi) is 3.47. The van der Waals surface area contributed by atoms with Crippen molar-refractivity contribution < 1.29 is 9.53 Å². The molecule has 98 valence electrons. The molecule has 1 fully saturated rings. The van der Waals surface area contributed by atoms with E-state index in [1.54, 1.807) is 14.0 Å². The Bertz CT molecular complexity index is 456. The van der Waals surface area contributed by atoms with Crippen molar-refractivity contribution in [2.75, 3.05) is 7.11 Å². The largest absolute Gasteiger partial charge is 0.496 e. The normalized spacial score (nSPS) is 16.7. The third kappa shape index (κ3) is 2.43. The van der Waals surface area contributed by atoms with Gasteiger partial charge in [0, 0.05) is 5.41 Å². The van der Waals surface area contributed by atoms with Gasteiger partial charge in [-0.15, -0.1) is 0 Å². The van der Waals surface area contributed by atoms with Crippen molar-refractivity contribution in [3.8, 4) is 5.75 Å². The van der Waals surface area contributed by atoms with Gasteiger partial charge in [-0.25, -0.2) is 0 Å². The molecule has 1 aliphatic rings. The molecule has 0 amide bonds. The number of rotatable bonds is 5. The minimum absolute atomic E-state index is 0.0944. The Morgan fingerprint density at radius 1 is 1.39 bits per heavy atom. The summed E-state index contributed by atoms with van der Waals surface area (Å²) in [5.74, 6) is 1.73. The Morgan fingerprint density at radius 2 is 2.06 bits per heavy atom. The molecule has 0 unspecified atom stereocenters. The zero-order valence-corrected chi connectivity index (χ0v) is 11.7. The van der Waals surface area contributed by atoms with E-state index in [9.17, 15) is 4.79 Å². The average Bonchev–Trinajstić information content (AvgIpc) is 3.10. The van der Waals surface area contributed by atoms with Crippen LogP contribution in [0.2, 0.25) is 0 Å². The Morgan fingerprint density at radius 3 is 2.50 bits per heavy atom. The molecule has 2 nitrogen and oxygen atoms in total. The number of hydrogen-bond donors (Lipinski definition) is 0. The molecule has 1 aromatic carbocycles. The van der Waals surface area contributed by atoms with E-state index in [0.717, 1.165) is 25.0 Å². The lowest BCUT2D eigenvalue weighted by Crippen LogP contribution is -2.15. The van der Waals surface area contributed by atoms with Gasteiger partial charge in [0.1, 0.15) is 11.5 Å². The first-order valence-corrected chi connectivity index (χ1v) is 6.66. The van der Waals surface area contributed by atoms with E-state index in [4.69, 9.17) is 4.74 Å². The predicted molar refractivity (Wildman–Crippen MR) is 73.1 cm³/mol. The van der Waals surface area contributed by atoms with Gasteiger partial charge in [-0.2, -0.15) is 0 Å².